The first-order valence-corrected chi connectivity index (χ1v) is 9.63. The first-order valence-electron chi connectivity index (χ1n) is 9.63. The molecule has 3 N–H and O–H groups in total. The molecule has 3 rings (SSSR count). The molecule has 0 heterocycles. The Morgan fingerprint density at radius 3 is 2.56 bits per heavy atom. The third-order valence-electron chi connectivity index (χ3n) is 4.92. The number of carbonyl (C=O) groups excluding carboxylic acids is 1. The molecular formula is C23H22N4O5. The Labute approximate surface area is 184 Å². The van der Waals surface area contributed by atoms with Gasteiger partial charge in [0, 0.05) is 17.3 Å². The van der Waals surface area contributed by atoms with Gasteiger partial charge in [0.1, 0.15) is 0 Å². The molecule has 0 aliphatic carbocycles. The summed E-state index contributed by atoms with van der Waals surface area (Å²) < 4.78 is 4.95. The molecule has 0 radical (unpaired) electrons. The molecule has 0 spiro atoms. The summed E-state index contributed by atoms with van der Waals surface area (Å²) in [6.45, 7) is 4.01. The summed E-state index contributed by atoms with van der Waals surface area (Å²) in [6, 6.07) is 15.4. The van der Waals surface area contributed by atoms with E-state index in [1.807, 2.05) is 38.1 Å². The lowest BCUT2D eigenvalue weighted by molar-refractivity contribution is -0.386. The van der Waals surface area contributed by atoms with Crippen LogP contribution in [0.5, 0.6) is 11.5 Å². The molecule has 9 heteroatoms. The van der Waals surface area contributed by atoms with Crippen LogP contribution in [0.4, 0.5) is 17.1 Å². The van der Waals surface area contributed by atoms with E-state index in [2.05, 4.69) is 15.8 Å². The maximum absolute atomic E-state index is 12.7. The summed E-state index contributed by atoms with van der Waals surface area (Å²) >= 11 is 0. The molecule has 0 fully saturated rings. The number of methoxy groups -OCH3 is 1. The molecular weight excluding hydrogens is 412 g/mol. The quantitative estimate of drug-likeness (QED) is 0.287. The number of anilines is 2. The maximum Gasteiger partial charge on any atom is 0.315 e. The van der Waals surface area contributed by atoms with E-state index in [0.29, 0.717) is 11.3 Å². The van der Waals surface area contributed by atoms with Crippen molar-refractivity contribution < 1.29 is 19.6 Å². The van der Waals surface area contributed by atoms with Crippen LogP contribution in [0.2, 0.25) is 0 Å². The van der Waals surface area contributed by atoms with E-state index in [-0.39, 0.29) is 11.3 Å². The Hall–Kier alpha value is -4.40. The van der Waals surface area contributed by atoms with Gasteiger partial charge in [-0.3, -0.25) is 14.9 Å². The molecule has 0 saturated carbocycles. The van der Waals surface area contributed by atoms with Gasteiger partial charge in [0.25, 0.3) is 5.91 Å². The van der Waals surface area contributed by atoms with Gasteiger partial charge in [-0.2, -0.15) is 5.10 Å². The second kappa shape index (κ2) is 9.61. The Kier molecular flexibility index (Phi) is 6.69. The van der Waals surface area contributed by atoms with Crippen molar-refractivity contribution in [2.45, 2.75) is 13.8 Å². The van der Waals surface area contributed by atoms with E-state index in [1.54, 1.807) is 18.2 Å². The number of phenolic OH excluding ortho intramolecular Hbond substituents is 1. The minimum Gasteiger partial charge on any atom is -0.500 e. The average Bonchev–Trinajstić information content (AvgIpc) is 2.77. The number of nitro benzene ring substituents is 1. The van der Waals surface area contributed by atoms with Gasteiger partial charge in [-0.25, -0.2) is 5.43 Å². The number of rotatable bonds is 7. The Bertz CT molecular complexity index is 1210. The second-order valence-electron chi connectivity index (χ2n) is 6.97. The number of benzene rings is 3. The van der Waals surface area contributed by atoms with Crippen molar-refractivity contribution in [3.63, 3.8) is 0 Å². The maximum atomic E-state index is 12.7. The van der Waals surface area contributed by atoms with Crippen LogP contribution in [0, 0.1) is 24.0 Å². The van der Waals surface area contributed by atoms with Gasteiger partial charge in [0.15, 0.2) is 5.75 Å². The van der Waals surface area contributed by atoms with Gasteiger partial charge in [-0.15, -0.1) is 0 Å². The molecule has 164 valence electrons. The zero-order valence-corrected chi connectivity index (χ0v) is 17.7. The van der Waals surface area contributed by atoms with Crippen molar-refractivity contribution in [3.8, 4) is 11.5 Å². The van der Waals surface area contributed by atoms with Crippen molar-refractivity contribution in [2.24, 2.45) is 5.10 Å². The number of amides is 1. The van der Waals surface area contributed by atoms with E-state index >= 15 is 0 Å². The Morgan fingerprint density at radius 2 is 1.84 bits per heavy atom. The van der Waals surface area contributed by atoms with Crippen LogP contribution in [-0.4, -0.2) is 29.3 Å². The zero-order valence-electron chi connectivity index (χ0n) is 17.7. The highest BCUT2D eigenvalue weighted by atomic mass is 16.6. The largest absolute Gasteiger partial charge is 0.500 e. The number of hydrogen-bond donors (Lipinski definition) is 3. The minimum atomic E-state index is -0.733. The fourth-order valence-electron chi connectivity index (χ4n) is 3.03. The summed E-state index contributed by atoms with van der Waals surface area (Å²) in [5.74, 6) is -1.12. The van der Waals surface area contributed by atoms with Crippen LogP contribution in [0.3, 0.4) is 0 Å². The van der Waals surface area contributed by atoms with E-state index in [4.69, 9.17) is 4.74 Å². The van der Waals surface area contributed by atoms with Crippen molar-refractivity contribution in [1.29, 1.82) is 0 Å². The molecule has 0 aliphatic heterocycles. The highest BCUT2D eigenvalue weighted by Crippen LogP contribution is 2.36. The smallest absolute Gasteiger partial charge is 0.315 e. The summed E-state index contributed by atoms with van der Waals surface area (Å²) in [6.07, 6.45) is 1.23. The van der Waals surface area contributed by atoms with Gasteiger partial charge in [0.05, 0.1) is 29.5 Å². The number of carbonyl (C=O) groups is 1. The number of para-hydroxylation sites is 1. The number of hydrazone groups is 1. The van der Waals surface area contributed by atoms with Crippen LogP contribution in [0.1, 0.15) is 27.0 Å². The fourth-order valence-corrected chi connectivity index (χ4v) is 3.03. The average molecular weight is 434 g/mol. The molecule has 0 aromatic heterocycles. The van der Waals surface area contributed by atoms with Crippen molar-refractivity contribution >= 4 is 29.2 Å². The topological polar surface area (TPSA) is 126 Å². The monoisotopic (exact) mass is 434 g/mol. The third kappa shape index (κ3) is 4.84. The molecule has 3 aromatic carbocycles. The van der Waals surface area contributed by atoms with E-state index in [0.717, 1.165) is 22.9 Å². The SMILES string of the molecule is COc1cc(/C=N\NC(=O)c2ccccc2Nc2cccc(C)c2C)cc([N+](=O)[O-])c1O. The number of ether oxygens (including phenoxy) is 1. The minimum absolute atomic E-state index is 0.0740. The Balaban J connectivity index is 1.80. The normalized spacial score (nSPS) is 10.7. The van der Waals surface area contributed by atoms with Crippen molar-refractivity contribution in [3.05, 3.63) is 87.0 Å². The van der Waals surface area contributed by atoms with Gasteiger partial charge >= 0.3 is 5.69 Å². The van der Waals surface area contributed by atoms with Gasteiger partial charge in [-0.05, 0) is 49.2 Å². The van der Waals surface area contributed by atoms with Crippen LogP contribution in [0.15, 0.2) is 59.7 Å². The lowest BCUT2D eigenvalue weighted by Crippen LogP contribution is -2.19. The van der Waals surface area contributed by atoms with E-state index < -0.39 is 22.3 Å². The molecule has 0 aliphatic rings. The van der Waals surface area contributed by atoms with Crippen molar-refractivity contribution in [1.82, 2.24) is 5.43 Å². The van der Waals surface area contributed by atoms with Gasteiger partial charge in [0.2, 0.25) is 5.75 Å². The summed E-state index contributed by atoms with van der Waals surface area (Å²) in [4.78, 5) is 23.1. The summed E-state index contributed by atoms with van der Waals surface area (Å²) in [5.41, 5.74) is 6.23. The standard InChI is InChI=1S/C23H22N4O5/c1-14-7-6-10-18(15(14)2)25-19-9-5-4-8-17(19)23(29)26-24-13-16-11-20(27(30)31)22(28)21(12-16)32-3/h4-13,25,28H,1-3H3,(H,26,29)/b24-13-. The summed E-state index contributed by atoms with van der Waals surface area (Å²) in [7, 11) is 1.28. The number of nitro groups is 1. The van der Waals surface area contributed by atoms with Gasteiger partial charge < -0.3 is 15.2 Å². The van der Waals surface area contributed by atoms with Crippen LogP contribution >= 0.6 is 0 Å². The molecule has 9 nitrogen and oxygen atoms in total. The highest BCUT2D eigenvalue weighted by molar-refractivity contribution is 6.00. The van der Waals surface area contributed by atoms with Crippen molar-refractivity contribution in [2.75, 3.05) is 12.4 Å². The second-order valence-corrected chi connectivity index (χ2v) is 6.97. The van der Waals surface area contributed by atoms with Crippen LogP contribution in [0.25, 0.3) is 0 Å². The molecule has 0 saturated heterocycles. The highest BCUT2D eigenvalue weighted by Gasteiger charge is 2.19. The van der Waals surface area contributed by atoms with E-state index in [1.165, 1.54) is 19.4 Å². The first-order chi connectivity index (χ1) is 15.3. The predicted octanol–water partition coefficient (Wildman–Crippen LogP) is 4.43. The number of aromatic hydroxyl groups is 1. The van der Waals surface area contributed by atoms with Crippen LogP contribution in [-0.2, 0) is 0 Å². The number of hydrogen-bond acceptors (Lipinski definition) is 7. The first kappa shape index (κ1) is 22.3. The summed E-state index contributed by atoms with van der Waals surface area (Å²) in [5, 5.41) is 28.1. The number of aryl methyl sites for hydroxylation is 1. The van der Waals surface area contributed by atoms with Crippen LogP contribution < -0.4 is 15.5 Å². The molecule has 0 unspecified atom stereocenters. The fraction of sp³-hybridized carbons (Fsp3) is 0.130. The lowest BCUT2D eigenvalue weighted by Gasteiger charge is -2.14. The number of phenols is 1. The molecule has 3 aromatic rings. The third-order valence-corrected chi connectivity index (χ3v) is 4.92. The predicted molar refractivity (Wildman–Crippen MR) is 122 cm³/mol. The van der Waals surface area contributed by atoms with E-state index in [9.17, 15) is 20.0 Å². The number of nitrogens with zero attached hydrogens (tertiary/aromatic N) is 2. The lowest BCUT2D eigenvalue weighted by atomic mass is 10.1. The number of nitrogens with one attached hydrogen (secondary N) is 2. The molecule has 32 heavy (non-hydrogen) atoms. The molecule has 0 bridgehead atoms. The molecule has 1 amide bonds. The molecule has 0 atom stereocenters. The zero-order chi connectivity index (χ0) is 23.3. The Morgan fingerprint density at radius 1 is 1.12 bits per heavy atom. The van der Waals surface area contributed by atoms with Gasteiger partial charge in [-0.1, -0.05) is 24.3 Å².